The van der Waals surface area contributed by atoms with Crippen LogP contribution in [0.15, 0.2) is 47.6 Å². The Morgan fingerprint density at radius 1 is 1.28 bits per heavy atom. The van der Waals surface area contributed by atoms with Crippen molar-refractivity contribution in [3.8, 4) is 5.75 Å². The second kappa shape index (κ2) is 8.04. The maximum Gasteiger partial charge on any atom is 0.488 e. The zero-order chi connectivity index (χ0) is 18.4. The van der Waals surface area contributed by atoms with Crippen molar-refractivity contribution in [1.82, 2.24) is 0 Å². The smallest absolute Gasteiger partial charge is 0.423 e. The molecule has 2 aromatic rings. The van der Waals surface area contributed by atoms with E-state index in [9.17, 15) is 25.0 Å². The van der Waals surface area contributed by atoms with Gasteiger partial charge < -0.3 is 19.6 Å². The highest BCUT2D eigenvalue weighted by Crippen LogP contribution is 2.19. The van der Waals surface area contributed by atoms with Crippen LogP contribution in [0.1, 0.15) is 15.9 Å². The third kappa shape index (κ3) is 4.62. The van der Waals surface area contributed by atoms with Crippen LogP contribution in [0, 0.1) is 10.1 Å². The fourth-order valence-electron chi connectivity index (χ4n) is 1.96. The average Bonchev–Trinajstić information content (AvgIpc) is 2.60. The normalized spacial score (nSPS) is 10.5. The Kier molecular flexibility index (Phi) is 5.82. The van der Waals surface area contributed by atoms with Crippen molar-refractivity contribution >= 4 is 30.5 Å². The molecule has 0 atom stereocenters. The van der Waals surface area contributed by atoms with Crippen LogP contribution in [0.2, 0.25) is 0 Å². The summed E-state index contributed by atoms with van der Waals surface area (Å²) in [5, 5.41) is 33.0. The first-order valence-corrected chi connectivity index (χ1v) is 6.95. The molecule has 2 rings (SSSR count). The number of benzene rings is 2. The average molecular weight is 344 g/mol. The topological polar surface area (TPSA) is 131 Å². The molecule has 0 radical (unpaired) electrons. The van der Waals surface area contributed by atoms with E-state index in [-0.39, 0.29) is 16.8 Å². The summed E-state index contributed by atoms with van der Waals surface area (Å²) < 4.78 is 5.23. The van der Waals surface area contributed by atoms with Crippen molar-refractivity contribution < 1.29 is 29.3 Å². The van der Waals surface area contributed by atoms with E-state index in [1.165, 1.54) is 19.4 Å². The number of hydrogen-bond donors (Lipinski definition) is 2. The van der Waals surface area contributed by atoms with Crippen molar-refractivity contribution in [2.75, 3.05) is 7.11 Å². The highest BCUT2D eigenvalue weighted by molar-refractivity contribution is 6.58. The molecule has 0 amide bonds. The van der Waals surface area contributed by atoms with Gasteiger partial charge in [0.25, 0.3) is 5.69 Å². The number of nitrogens with zero attached hydrogens (tertiary/aromatic N) is 2. The lowest BCUT2D eigenvalue weighted by molar-refractivity contribution is -0.384. The number of carbonyl (C=O) groups excluding carboxylic acids is 1. The number of nitro benzene ring substituents is 1. The van der Waals surface area contributed by atoms with Crippen LogP contribution >= 0.6 is 0 Å². The minimum atomic E-state index is -1.97. The van der Waals surface area contributed by atoms with Crippen LogP contribution in [-0.2, 0) is 4.84 Å². The van der Waals surface area contributed by atoms with E-state index < -0.39 is 23.7 Å². The van der Waals surface area contributed by atoms with Gasteiger partial charge in [0.2, 0.25) is 0 Å². The highest BCUT2D eigenvalue weighted by atomic mass is 16.6. The third-order valence-corrected chi connectivity index (χ3v) is 3.10. The Balaban J connectivity index is 2.36. The monoisotopic (exact) mass is 344 g/mol. The van der Waals surface area contributed by atoms with Gasteiger partial charge in [-0.25, -0.2) is 4.79 Å². The summed E-state index contributed by atoms with van der Waals surface area (Å²) in [6.45, 7) is 0. The minimum absolute atomic E-state index is 0.158. The summed E-state index contributed by atoms with van der Waals surface area (Å²) in [6, 6.07) is 9.51. The number of oxime groups is 1. The maximum atomic E-state index is 12.3. The molecule has 0 aliphatic rings. The maximum absolute atomic E-state index is 12.3. The predicted octanol–water partition coefficient (Wildman–Crippen LogP) is 0.474. The first-order chi connectivity index (χ1) is 11.9. The number of ether oxygens (including phenoxy) is 1. The second-order valence-electron chi connectivity index (χ2n) is 4.79. The predicted molar refractivity (Wildman–Crippen MR) is 88.9 cm³/mol. The molecule has 0 saturated carbocycles. The van der Waals surface area contributed by atoms with Gasteiger partial charge in [-0.15, -0.1) is 0 Å². The molecule has 0 spiro atoms. The summed E-state index contributed by atoms with van der Waals surface area (Å²) in [5.41, 5.74) is -0.413. The van der Waals surface area contributed by atoms with Gasteiger partial charge in [-0.05, 0) is 23.7 Å². The standard InChI is InChI=1S/C15H13BN2O7/c1-24-17-9-10-4-2-3-5-14(10)25-15(19)11-6-12(16(20)21)8-13(7-11)18(22)23/h2-9,20-21H,1H3/b17-9+. The van der Waals surface area contributed by atoms with E-state index in [1.807, 2.05) is 0 Å². The summed E-state index contributed by atoms with van der Waals surface area (Å²) >= 11 is 0. The van der Waals surface area contributed by atoms with Gasteiger partial charge in [-0.3, -0.25) is 10.1 Å². The van der Waals surface area contributed by atoms with Gasteiger partial charge in [-0.1, -0.05) is 17.3 Å². The molecule has 0 aliphatic heterocycles. The molecule has 2 N–H and O–H groups in total. The van der Waals surface area contributed by atoms with E-state index in [0.29, 0.717) is 5.56 Å². The summed E-state index contributed by atoms with van der Waals surface area (Å²) in [4.78, 5) is 27.1. The number of non-ortho nitro benzene ring substituents is 1. The molecular formula is C15H13BN2O7. The summed E-state index contributed by atoms with van der Waals surface area (Å²) in [7, 11) is -0.608. The van der Waals surface area contributed by atoms with Gasteiger partial charge in [0.15, 0.2) is 0 Å². The lowest BCUT2D eigenvalue weighted by Gasteiger charge is -2.08. The van der Waals surface area contributed by atoms with Crippen molar-refractivity contribution in [3.63, 3.8) is 0 Å². The summed E-state index contributed by atoms with van der Waals surface area (Å²) in [6.07, 6.45) is 1.33. The van der Waals surface area contributed by atoms with Crippen LogP contribution in [-0.4, -0.2) is 41.4 Å². The van der Waals surface area contributed by atoms with Gasteiger partial charge in [0.05, 0.1) is 16.7 Å². The molecule has 0 bridgehead atoms. The molecule has 2 aromatic carbocycles. The molecular weight excluding hydrogens is 331 g/mol. The van der Waals surface area contributed by atoms with Crippen LogP contribution in [0.25, 0.3) is 0 Å². The number of rotatable bonds is 6. The molecule has 25 heavy (non-hydrogen) atoms. The van der Waals surface area contributed by atoms with Crippen molar-refractivity contribution in [3.05, 3.63) is 63.7 Å². The van der Waals surface area contributed by atoms with Crippen LogP contribution in [0.4, 0.5) is 5.69 Å². The molecule has 0 aromatic heterocycles. The molecule has 128 valence electrons. The fourth-order valence-corrected chi connectivity index (χ4v) is 1.96. The number of esters is 1. The molecule has 10 heteroatoms. The summed E-state index contributed by atoms with van der Waals surface area (Å²) in [5.74, 6) is -0.741. The van der Waals surface area contributed by atoms with Crippen molar-refractivity contribution in [2.24, 2.45) is 5.16 Å². The van der Waals surface area contributed by atoms with Gasteiger partial charge >= 0.3 is 13.1 Å². The van der Waals surface area contributed by atoms with Crippen molar-refractivity contribution in [1.29, 1.82) is 0 Å². The number of nitro groups is 1. The fraction of sp³-hybridized carbons (Fsp3) is 0.0667. The van der Waals surface area contributed by atoms with Gasteiger partial charge in [0, 0.05) is 17.7 Å². The molecule has 9 nitrogen and oxygen atoms in total. The Morgan fingerprint density at radius 2 is 2.00 bits per heavy atom. The minimum Gasteiger partial charge on any atom is -0.423 e. The lowest BCUT2D eigenvalue weighted by Crippen LogP contribution is -2.31. The van der Waals surface area contributed by atoms with E-state index in [4.69, 9.17) is 4.74 Å². The molecule has 0 aliphatic carbocycles. The second-order valence-corrected chi connectivity index (χ2v) is 4.79. The van der Waals surface area contributed by atoms with Crippen LogP contribution < -0.4 is 10.2 Å². The number of hydrogen-bond acceptors (Lipinski definition) is 8. The molecule has 0 heterocycles. The highest BCUT2D eigenvalue weighted by Gasteiger charge is 2.21. The van der Waals surface area contributed by atoms with Crippen LogP contribution in [0.3, 0.4) is 0 Å². The quantitative estimate of drug-likeness (QED) is 0.194. The van der Waals surface area contributed by atoms with E-state index >= 15 is 0 Å². The zero-order valence-corrected chi connectivity index (χ0v) is 13.0. The largest absolute Gasteiger partial charge is 0.488 e. The molecule has 0 fully saturated rings. The Hall–Kier alpha value is -3.24. The third-order valence-electron chi connectivity index (χ3n) is 3.10. The van der Waals surface area contributed by atoms with E-state index in [2.05, 4.69) is 9.99 Å². The Labute approximate surface area is 142 Å². The Bertz CT molecular complexity index is 823. The number of para-hydroxylation sites is 1. The van der Waals surface area contributed by atoms with E-state index in [1.54, 1.807) is 18.2 Å². The first-order valence-electron chi connectivity index (χ1n) is 6.95. The van der Waals surface area contributed by atoms with Crippen LogP contribution in [0.5, 0.6) is 5.75 Å². The Morgan fingerprint density at radius 3 is 2.64 bits per heavy atom. The molecule has 0 unspecified atom stereocenters. The lowest BCUT2D eigenvalue weighted by atomic mass is 9.79. The SMILES string of the molecule is CO/N=C/c1ccccc1OC(=O)c1cc(B(O)O)cc([N+](=O)[O-])c1. The first kappa shape index (κ1) is 18.1. The zero-order valence-electron chi connectivity index (χ0n) is 13.0. The number of carbonyl (C=O) groups is 1. The van der Waals surface area contributed by atoms with Crippen molar-refractivity contribution in [2.45, 2.75) is 0 Å². The van der Waals surface area contributed by atoms with Gasteiger partial charge in [0.1, 0.15) is 12.9 Å². The molecule has 0 saturated heterocycles. The van der Waals surface area contributed by atoms with Gasteiger partial charge in [-0.2, -0.15) is 0 Å². The van der Waals surface area contributed by atoms with E-state index in [0.717, 1.165) is 18.2 Å².